The molecule has 4 aromatic rings. The fourth-order valence-electron chi connectivity index (χ4n) is 4.63. The summed E-state index contributed by atoms with van der Waals surface area (Å²) >= 11 is 0. The molecule has 1 saturated heterocycles. The van der Waals surface area contributed by atoms with E-state index in [1.54, 1.807) is 0 Å². The van der Waals surface area contributed by atoms with Crippen molar-refractivity contribution in [2.24, 2.45) is 0 Å². The molecule has 3 nitrogen and oxygen atoms in total. The first-order valence-electron chi connectivity index (χ1n) is 11.0. The standard InChI is InChI=1S/C29H24NO2P/c1-22-17-19-23(20-18-22)30-28(31)21-27(29(30)32)33(24-11-5-2-6-12-24,25-13-7-3-8-14-25)26-15-9-4-10-16-26/h2-20H,21H2,1H3. The van der Waals surface area contributed by atoms with Gasteiger partial charge in [-0.25, -0.2) is 4.90 Å². The van der Waals surface area contributed by atoms with Gasteiger partial charge in [0.15, 0.2) is 0 Å². The lowest BCUT2D eigenvalue weighted by molar-refractivity contribution is -0.120. The molecule has 5 rings (SSSR count). The Morgan fingerprint density at radius 3 is 1.45 bits per heavy atom. The summed E-state index contributed by atoms with van der Waals surface area (Å²) in [7, 11) is 0. The monoisotopic (exact) mass is 449 g/mol. The van der Waals surface area contributed by atoms with Gasteiger partial charge in [-0.2, -0.15) is 0 Å². The number of anilines is 1. The van der Waals surface area contributed by atoms with Gasteiger partial charge in [-0.1, -0.05) is 109 Å². The summed E-state index contributed by atoms with van der Waals surface area (Å²) in [4.78, 5) is 28.7. The van der Waals surface area contributed by atoms with E-state index in [2.05, 4.69) is 36.4 Å². The fourth-order valence-corrected chi connectivity index (χ4v) is 9.07. The predicted octanol–water partition coefficient (Wildman–Crippen LogP) is 4.42. The number of imide groups is 1. The molecular weight excluding hydrogens is 425 g/mol. The number of amides is 2. The Labute approximate surface area is 194 Å². The zero-order chi connectivity index (χ0) is 22.8. The molecule has 0 radical (unpaired) electrons. The lowest BCUT2D eigenvalue weighted by atomic mass is 10.2. The van der Waals surface area contributed by atoms with Gasteiger partial charge in [0, 0.05) is 5.29 Å². The molecule has 1 aliphatic rings. The number of rotatable bonds is 4. The Morgan fingerprint density at radius 1 is 0.606 bits per heavy atom. The van der Waals surface area contributed by atoms with Gasteiger partial charge in [0.2, 0.25) is 5.91 Å². The average Bonchev–Trinajstić information content (AvgIpc) is 3.16. The van der Waals surface area contributed by atoms with Crippen molar-refractivity contribution in [1.29, 1.82) is 0 Å². The van der Waals surface area contributed by atoms with Crippen LogP contribution in [0.5, 0.6) is 0 Å². The third-order valence-corrected chi connectivity index (χ3v) is 10.5. The smallest absolute Gasteiger partial charge is 0.262 e. The van der Waals surface area contributed by atoms with Crippen molar-refractivity contribution in [3.63, 3.8) is 0 Å². The van der Waals surface area contributed by atoms with Crippen LogP contribution in [0.2, 0.25) is 0 Å². The van der Waals surface area contributed by atoms with E-state index in [4.69, 9.17) is 0 Å². The Hall–Kier alpha value is -3.68. The van der Waals surface area contributed by atoms with Crippen molar-refractivity contribution in [3.05, 3.63) is 121 Å². The van der Waals surface area contributed by atoms with Crippen molar-refractivity contribution in [1.82, 2.24) is 0 Å². The highest BCUT2D eigenvalue weighted by Crippen LogP contribution is 2.48. The molecule has 0 atom stereocenters. The second-order valence-electron chi connectivity index (χ2n) is 8.17. The van der Waals surface area contributed by atoms with Gasteiger partial charge in [0.1, 0.15) is 0 Å². The van der Waals surface area contributed by atoms with Crippen LogP contribution in [-0.2, 0) is 9.59 Å². The van der Waals surface area contributed by atoms with Gasteiger partial charge in [-0.15, -0.1) is 0 Å². The summed E-state index contributed by atoms with van der Waals surface area (Å²) in [5.74, 6) is -0.375. The maximum absolute atomic E-state index is 14.1. The van der Waals surface area contributed by atoms with E-state index < -0.39 is 6.89 Å². The van der Waals surface area contributed by atoms with E-state index in [0.29, 0.717) is 11.0 Å². The molecule has 33 heavy (non-hydrogen) atoms. The van der Waals surface area contributed by atoms with Crippen LogP contribution in [0.4, 0.5) is 5.69 Å². The first kappa shape index (κ1) is 21.2. The molecule has 4 heteroatoms. The minimum absolute atomic E-state index is 0.110. The second-order valence-corrected chi connectivity index (χ2v) is 11.6. The minimum atomic E-state index is -2.56. The van der Waals surface area contributed by atoms with Gasteiger partial charge >= 0.3 is 0 Å². The van der Waals surface area contributed by atoms with Gasteiger partial charge in [0.05, 0.1) is 12.1 Å². The first-order valence-corrected chi connectivity index (χ1v) is 12.8. The second kappa shape index (κ2) is 8.69. The molecule has 1 aliphatic heterocycles. The van der Waals surface area contributed by atoms with Crippen LogP contribution >= 0.6 is 6.89 Å². The molecule has 1 fully saturated rings. The lowest BCUT2D eigenvalue weighted by Gasteiger charge is -2.31. The normalized spacial score (nSPS) is 14.1. The summed E-state index contributed by atoms with van der Waals surface area (Å²) in [6.45, 7) is -0.565. The van der Waals surface area contributed by atoms with Crippen LogP contribution in [0.25, 0.3) is 0 Å². The zero-order valence-corrected chi connectivity index (χ0v) is 19.3. The van der Waals surface area contributed by atoms with Crippen molar-refractivity contribution in [2.75, 3.05) is 4.90 Å². The van der Waals surface area contributed by atoms with Gasteiger partial charge < -0.3 is 0 Å². The summed E-state index contributed by atoms with van der Waals surface area (Å²) in [6.07, 6.45) is 0.110. The highest BCUT2D eigenvalue weighted by Gasteiger charge is 2.42. The van der Waals surface area contributed by atoms with Crippen LogP contribution in [0.1, 0.15) is 12.0 Å². The van der Waals surface area contributed by atoms with E-state index in [-0.39, 0.29) is 18.2 Å². The molecule has 2 amide bonds. The fraction of sp³-hybridized carbons (Fsp3) is 0.0690. The van der Waals surface area contributed by atoms with E-state index in [0.717, 1.165) is 21.5 Å². The van der Waals surface area contributed by atoms with Gasteiger partial charge in [0.25, 0.3) is 5.91 Å². The van der Waals surface area contributed by atoms with E-state index in [9.17, 15) is 9.59 Å². The van der Waals surface area contributed by atoms with Crippen molar-refractivity contribution < 1.29 is 9.59 Å². The number of carbonyl (C=O) groups excluding carboxylic acids is 2. The number of benzene rings is 4. The molecule has 0 spiro atoms. The number of hydrogen-bond donors (Lipinski definition) is 0. The molecule has 0 aromatic heterocycles. The summed E-state index contributed by atoms with van der Waals surface area (Å²) in [6, 6.07) is 38.1. The summed E-state index contributed by atoms with van der Waals surface area (Å²) in [5, 5.41) is 3.90. The minimum Gasteiger partial charge on any atom is -0.274 e. The van der Waals surface area contributed by atoms with E-state index in [1.165, 1.54) is 4.90 Å². The van der Waals surface area contributed by atoms with Gasteiger partial charge in [-0.3, -0.25) is 9.59 Å². The molecule has 162 valence electrons. The molecule has 0 bridgehead atoms. The molecule has 0 N–H and O–H groups in total. The number of nitrogens with zero attached hydrogens (tertiary/aromatic N) is 1. The Morgan fingerprint density at radius 2 is 1.03 bits per heavy atom. The topological polar surface area (TPSA) is 37.4 Å². The van der Waals surface area contributed by atoms with Crippen molar-refractivity contribution in [2.45, 2.75) is 13.3 Å². The van der Waals surface area contributed by atoms with Crippen LogP contribution < -0.4 is 20.8 Å². The molecule has 0 saturated carbocycles. The summed E-state index contributed by atoms with van der Waals surface area (Å²) < 4.78 is 0. The number of hydrogen-bond acceptors (Lipinski definition) is 2. The Bertz CT molecular complexity index is 1260. The third kappa shape index (κ3) is 3.55. The quantitative estimate of drug-likeness (QED) is 0.342. The zero-order valence-electron chi connectivity index (χ0n) is 18.4. The lowest BCUT2D eigenvalue weighted by Crippen LogP contribution is -2.35. The van der Waals surface area contributed by atoms with E-state index >= 15 is 0 Å². The van der Waals surface area contributed by atoms with E-state index in [1.807, 2.05) is 85.8 Å². The molecule has 4 aromatic carbocycles. The SMILES string of the molecule is Cc1ccc(N2C(=O)CC(=P(c3ccccc3)(c3ccccc3)c3ccccc3)C2=O)cc1. The molecular formula is C29H24NO2P. The molecule has 1 heterocycles. The van der Waals surface area contributed by atoms with Crippen molar-refractivity contribution >= 4 is 45.6 Å². The molecule has 0 aliphatic carbocycles. The summed E-state index contributed by atoms with van der Waals surface area (Å²) in [5.41, 5.74) is 1.71. The Kier molecular flexibility index (Phi) is 5.58. The van der Waals surface area contributed by atoms with Crippen LogP contribution in [-0.4, -0.2) is 17.1 Å². The predicted molar refractivity (Wildman–Crippen MR) is 138 cm³/mol. The number of carbonyl (C=O) groups is 2. The largest absolute Gasteiger partial charge is 0.274 e. The van der Waals surface area contributed by atoms with Crippen LogP contribution in [0.3, 0.4) is 0 Å². The van der Waals surface area contributed by atoms with Gasteiger partial charge in [-0.05, 0) is 41.9 Å². The average molecular weight is 449 g/mol. The molecule has 0 unspecified atom stereocenters. The third-order valence-electron chi connectivity index (χ3n) is 6.15. The maximum Gasteiger partial charge on any atom is 0.262 e. The first-order chi connectivity index (χ1) is 16.1. The van der Waals surface area contributed by atoms with Crippen LogP contribution in [0.15, 0.2) is 115 Å². The van der Waals surface area contributed by atoms with Crippen LogP contribution in [0, 0.1) is 6.92 Å². The number of aryl methyl sites for hydroxylation is 1. The highest BCUT2D eigenvalue weighted by molar-refractivity contribution is 7.96. The van der Waals surface area contributed by atoms with Crippen molar-refractivity contribution in [3.8, 4) is 0 Å². The highest BCUT2D eigenvalue weighted by atomic mass is 31.2. The maximum atomic E-state index is 14.1. The Balaban J connectivity index is 1.88.